The molecule has 0 amide bonds. The van der Waals surface area contributed by atoms with Gasteiger partial charge in [-0.1, -0.05) is 0 Å². The van der Waals surface area contributed by atoms with Gasteiger partial charge in [0.25, 0.3) is 0 Å². The van der Waals surface area contributed by atoms with Crippen molar-refractivity contribution in [1.82, 2.24) is 5.32 Å². The summed E-state index contributed by atoms with van der Waals surface area (Å²) in [6, 6.07) is 3.84. The molecular weight excluding hydrogens is 241 g/mol. The molecule has 0 spiro atoms. The Morgan fingerprint density at radius 3 is 2.82 bits per heavy atom. The summed E-state index contributed by atoms with van der Waals surface area (Å²) in [7, 11) is -3.32. The van der Waals surface area contributed by atoms with Crippen molar-refractivity contribution in [1.29, 1.82) is 0 Å². The van der Waals surface area contributed by atoms with Gasteiger partial charge in [-0.2, -0.15) is 0 Å². The van der Waals surface area contributed by atoms with Crippen molar-refractivity contribution in [2.24, 2.45) is 0 Å². The summed E-state index contributed by atoms with van der Waals surface area (Å²) in [5.74, 6) is -0.306. The van der Waals surface area contributed by atoms with Crippen LogP contribution in [0, 0.1) is 12.7 Å². The van der Waals surface area contributed by atoms with Crippen molar-refractivity contribution in [3.05, 3.63) is 29.6 Å². The lowest BCUT2D eigenvalue weighted by Crippen LogP contribution is -2.30. The van der Waals surface area contributed by atoms with Crippen LogP contribution in [0.25, 0.3) is 0 Å². The van der Waals surface area contributed by atoms with Gasteiger partial charge in [-0.05, 0) is 50.1 Å². The topological polar surface area (TPSA) is 46.2 Å². The van der Waals surface area contributed by atoms with E-state index in [-0.39, 0.29) is 16.7 Å². The Kier molecular flexibility index (Phi) is 3.49. The highest BCUT2D eigenvalue weighted by Crippen LogP contribution is 2.20. The molecule has 1 atom stereocenters. The molecule has 0 radical (unpaired) electrons. The lowest BCUT2D eigenvalue weighted by Gasteiger charge is -2.12. The van der Waals surface area contributed by atoms with Crippen LogP contribution in [0.1, 0.15) is 18.4 Å². The van der Waals surface area contributed by atoms with Gasteiger partial charge in [0.15, 0.2) is 9.84 Å². The minimum atomic E-state index is -3.32. The minimum Gasteiger partial charge on any atom is -0.313 e. The molecule has 0 aromatic heterocycles. The molecule has 94 valence electrons. The van der Waals surface area contributed by atoms with Crippen molar-refractivity contribution < 1.29 is 12.8 Å². The molecule has 3 nitrogen and oxygen atoms in total. The zero-order valence-electron chi connectivity index (χ0n) is 9.74. The summed E-state index contributed by atoms with van der Waals surface area (Å²) >= 11 is 0. The van der Waals surface area contributed by atoms with E-state index >= 15 is 0 Å². The van der Waals surface area contributed by atoms with Crippen LogP contribution in [0.3, 0.4) is 0 Å². The predicted octanol–water partition coefficient (Wildman–Crippen LogP) is 1.66. The number of hydrogen-bond donors (Lipinski definition) is 1. The number of rotatable bonds is 3. The van der Waals surface area contributed by atoms with Crippen LogP contribution in [0.15, 0.2) is 23.1 Å². The Hall–Kier alpha value is -0.940. The van der Waals surface area contributed by atoms with E-state index in [0.717, 1.165) is 19.4 Å². The van der Waals surface area contributed by atoms with Crippen molar-refractivity contribution >= 4 is 9.84 Å². The number of aryl methyl sites for hydroxylation is 1. The second kappa shape index (κ2) is 4.74. The van der Waals surface area contributed by atoms with E-state index in [2.05, 4.69) is 5.32 Å². The van der Waals surface area contributed by atoms with E-state index in [1.165, 1.54) is 18.2 Å². The van der Waals surface area contributed by atoms with Gasteiger partial charge in [0.1, 0.15) is 5.82 Å². The van der Waals surface area contributed by atoms with Crippen LogP contribution < -0.4 is 5.32 Å². The van der Waals surface area contributed by atoms with E-state index in [0.29, 0.717) is 5.56 Å². The van der Waals surface area contributed by atoms with Crippen LogP contribution >= 0.6 is 0 Å². The first kappa shape index (κ1) is 12.5. The molecule has 0 bridgehead atoms. The van der Waals surface area contributed by atoms with Crippen LogP contribution in [0.4, 0.5) is 4.39 Å². The summed E-state index contributed by atoms with van der Waals surface area (Å²) in [6.07, 6.45) is 1.90. The normalized spacial score (nSPS) is 20.7. The van der Waals surface area contributed by atoms with Gasteiger partial charge in [-0.25, -0.2) is 12.8 Å². The van der Waals surface area contributed by atoms with Crippen molar-refractivity contribution in [3.63, 3.8) is 0 Å². The Bertz CT molecular complexity index is 507. The zero-order chi connectivity index (χ0) is 12.5. The molecule has 1 aliphatic heterocycles. The lowest BCUT2D eigenvalue weighted by atomic mass is 10.2. The molecule has 0 unspecified atom stereocenters. The molecule has 17 heavy (non-hydrogen) atoms. The number of hydrogen-bond acceptors (Lipinski definition) is 3. The maximum Gasteiger partial charge on any atom is 0.180 e. The molecule has 2 rings (SSSR count). The number of halogens is 1. The SMILES string of the molecule is Cc1cc(F)ccc1S(=O)(=O)C[C@@H]1CCCN1. The number of nitrogens with one attached hydrogen (secondary N) is 1. The fraction of sp³-hybridized carbons (Fsp3) is 0.500. The third-order valence-electron chi connectivity index (χ3n) is 3.06. The average Bonchev–Trinajstić information content (AvgIpc) is 2.68. The van der Waals surface area contributed by atoms with Gasteiger partial charge in [0.2, 0.25) is 0 Å². The van der Waals surface area contributed by atoms with Gasteiger partial charge >= 0.3 is 0 Å². The summed E-state index contributed by atoms with van der Waals surface area (Å²) in [5, 5.41) is 3.16. The third kappa shape index (κ3) is 2.84. The quantitative estimate of drug-likeness (QED) is 0.838. The molecule has 1 fully saturated rings. The molecular formula is C12H16FNO2S. The molecule has 1 saturated heterocycles. The average molecular weight is 257 g/mol. The van der Waals surface area contributed by atoms with Crippen LogP contribution in [-0.4, -0.2) is 26.8 Å². The molecule has 1 aromatic carbocycles. The summed E-state index contributed by atoms with van der Waals surface area (Å²) < 4.78 is 37.2. The fourth-order valence-electron chi connectivity index (χ4n) is 2.22. The number of sulfone groups is 1. The lowest BCUT2D eigenvalue weighted by molar-refractivity contribution is 0.575. The predicted molar refractivity (Wildman–Crippen MR) is 64.2 cm³/mol. The zero-order valence-corrected chi connectivity index (χ0v) is 10.6. The van der Waals surface area contributed by atoms with Crippen molar-refractivity contribution in [2.45, 2.75) is 30.7 Å². The van der Waals surface area contributed by atoms with Gasteiger partial charge in [0.05, 0.1) is 10.6 Å². The van der Waals surface area contributed by atoms with Gasteiger partial charge in [-0.3, -0.25) is 0 Å². The highest BCUT2D eigenvalue weighted by Gasteiger charge is 2.24. The molecule has 5 heteroatoms. The third-order valence-corrected chi connectivity index (χ3v) is 5.02. The largest absolute Gasteiger partial charge is 0.313 e. The Labute approximate surface area is 101 Å². The standard InChI is InChI=1S/C12H16FNO2S/c1-9-7-10(13)4-5-12(9)17(15,16)8-11-3-2-6-14-11/h4-5,7,11,14H,2-3,6,8H2,1H3/t11-/m0/s1. The summed E-state index contributed by atoms with van der Waals surface area (Å²) in [6.45, 7) is 2.50. The van der Waals surface area contributed by atoms with Crippen LogP contribution in [0.5, 0.6) is 0 Å². The van der Waals surface area contributed by atoms with Crippen LogP contribution in [0.2, 0.25) is 0 Å². The fourth-order valence-corrected chi connectivity index (χ4v) is 4.03. The number of benzene rings is 1. The minimum absolute atomic E-state index is 0.0319. The molecule has 0 aliphatic carbocycles. The van der Waals surface area contributed by atoms with Gasteiger partial charge < -0.3 is 5.32 Å². The van der Waals surface area contributed by atoms with E-state index in [4.69, 9.17) is 0 Å². The van der Waals surface area contributed by atoms with Gasteiger partial charge in [-0.15, -0.1) is 0 Å². The monoisotopic (exact) mass is 257 g/mol. The first-order chi connectivity index (χ1) is 7.99. The maximum absolute atomic E-state index is 12.9. The van der Waals surface area contributed by atoms with Crippen molar-refractivity contribution in [3.8, 4) is 0 Å². The smallest absolute Gasteiger partial charge is 0.180 e. The molecule has 1 heterocycles. The highest BCUT2D eigenvalue weighted by molar-refractivity contribution is 7.91. The molecule has 1 N–H and O–H groups in total. The summed E-state index contributed by atoms with van der Waals surface area (Å²) in [4.78, 5) is 0.243. The first-order valence-corrected chi connectivity index (χ1v) is 7.36. The van der Waals surface area contributed by atoms with Gasteiger partial charge in [0, 0.05) is 6.04 Å². The Balaban J connectivity index is 2.24. The van der Waals surface area contributed by atoms with E-state index in [1.54, 1.807) is 6.92 Å². The second-order valence-electron chi connectivity index (χ2n) is 4.48. The molecule has 0 saturated carbocycles. The molecule has 1 aliphatic rings. The van der Waals surface area contributed by atoms with E-state index < -0.39 is 15.7 Å². The summed E-state index contributed by atoms with van der Waals surface area (Å²) in [5.41, 5.74) is 0.475. The first-order valence-electron chi connectivity index (χ1n) is 5.71. The van der Waals surface area contributed by atoms with Crippen LogP contribution in [-0.2, 0) is 9.84 Å². The maximum atomic E-state index is 12.9. The Morgan fingerprint density at radius 2 is 2.24 bits per heavy atom. The molecule has 1 aromatic rings. The van der Waals surface area contributed by atoms with E-state index in [1.807, 2.05) is 0 Å². The second-order valence-corrected chi connectivity index (χ2v) is 6.49. The van der Waals surface area contributed by atoms with Crippen molar-refractivity contribution in [2.75, 3.05) is 12.3 Å². The van der Waals surface area contributed by atoms with E-state index in [9.17, 15) is 12.8 Å². The highest BCUT2D eigenvalue weighted by atomic mass is 32.2. The Morgan fingerprint density at radius 1 is 1.47 bits per heavy atom.